The van der Waals surface area contributed by atoms with Gasteiger partial charge in [0.25, 0.3) is 0 Å². The van der Waals surface area contributed by atoms with Crippen LogP contribution in [0.5, 0.6) is 0 Å². The third-order valence-corrected chi connectivity index (χ3v) is 3.40. The molecule has 0 spiro atoms. The minimum atomic E-state index is 1.32. The first-order valence-corrected chi connectivity index (χ1v) is 6.82. The van der Waals surface area contributed by atoms with Gasteiger partial charge in [0, 0.05) is 0 Å². The maximum Gasteiger partial charge on any atom is -0.0181 e. The molecule has 0 bridgehead atoms. The molecule has 0 heterocycles. The lowest BCUT2D eigenvalue weighted by atomic mass is 10.0. The van der Waals surface area contributed by atoms with Crippen LogP contribution in [0.1, 0.15) is 44.1 Å². The SMILES string of the molecule is C1CCCCC1.Cc1ccc2ccccc2c1. The Labute approximate surface area is 105 Å². The molecule has 0 nitrogen and oxygen atoms in total. The number of fused-ring (bicyclic) bond motifs is 1. The van der Waals surface area contributed by atoms with Gasteiger partial charge in [-0.2, -0.15) is 0 Å². The van der Waals surface area contributed by atoms with Gasteiger partial charge >= 0.3 is 0 Å². The summed E-state index contributed by atoms with van der Waals surface area (Å²) >= 11 is 0. The van der Waals surface area contributed by atoms with Crippen LogP contribution in [0, 0.1) is 6.92 Å². The van der Waals surface area contributed by atoms with E-state index in [0.29, 0.717) is 0 Å². The zero-order valence-corrected chi connectivity index (χ0v) is 10.8. The van der Waals surface area contributed by atoms with Crippen LogP contribution in [0.2, 0.25) is 0 Å². The Kier molecular flexibility index (Phi) is 4.61. The molecule has 1 saturated carbocycles. The predicted molar refractivity (Wildman–Crippen MR) is 76.4 cm³/mol. The van der Waals surface area contributed by atoms with E-state index in [1.54, 1.807) is 0 Å². The molecule has 90 valence electrons. The molecular weight excluding hydrogens is 204 g/mol. The van der Waals surface area contributed by atoms with Gasteiger partial charge in [-0.1, -0.05) is 86.6 Å². The first kappa shape index (κ1) is 12.2. The van der Waals surface area contributed by atoms with Crippen LogP contribution in [0.3, 0.4) is 0 Å². The second kappa shape index (κ2) is 6.44. The standard InChI is InChI=1S/C11H10.C6H12/c1-9-6-7-10-4-2-3-5-11(10)8-9;1-2-4-6-5-3-1/h2-8H,1H3;1-6H2. The normalized spacial score (nSPS) is 15.1. The highest BCUT2D eigenvalue weighted by Crippen LogP contribution is 2.15. The van der Waals surface area contributed by atoms with Crippen LogP contribution >= 0.6 is 0 Å². The molecular formula is C17H22. The van der Waals surface area contributed by atoms with Gasteiger partial charge in [0.2, 0.25) is 0 Å². The van der Waals surface area contributed by atoms with E-state index >= 15 is 0 Å². The minimum Gasteiger partial charge on any atom is -0.0616 e. The highest BCUT2D eigenvalue weighted by atomic mass is 14.0. The molecule has 0 aliphatic heterocycles. The molecule has 0 saturated heterocycles. The van der Waals surface area contributed by atoms with Gasteiger partial charge in [-0.3, -0.25) is 0 Å². The Morgan fingerprint density at radius 3 is 1.76 bits per heavy atom. The Morgan fingerprint density at radius 2 is 1.18 bits per heavy atom. The van der Waals surface area contributed by atoms with Crippen molar-refractivity contribution >= 4 is 10.8 Å². The summed E-state index contributed by atoms with van der Waals surface area (Å²) in [6, 6.07) is 14.9. The molecule has 1 fully saturated rings. The van der Waals surface area contributed by atoms with E-state index < -0.39 is 0 Å². The second-order valence-corrected chi connectivity index (χ2v) is 4.97. The summed E-state index contributed by atoms with van der Waals surface area (Å²) in [6.07, 6.45) is 9.00. The summed E-state index contributed by atoms with van der Waals surface area (Å²) in [5.74, 6) is 0. The molecule has 0 unspecified atom stereocenters. The maximum absolute atomic E-state index is 2.20. The van der Waals surface area contributed by atoms with E-state index in [-0.39, 0.29) is 0 Å². The molecule has 0 aromatic heterocycles. The smallest absolute Gasteiger partial charge is 0.0181 e. The monoisotopic (exact) mass is 226 g/mol. The maximum atomic E-state index is 2.20. The van der Waals surface area contributed by atoms with Crippen LogP contribution in [0.15, 0.2) is 42.5 Å². The van der Waals surface area contributed by atoms with E-state index in [2.05, 4.69) is 49.4 Å². The van der Waals surface area contributed by atoms with Crippen molar-refractivity contribution in [1.29, 1.82) is 0 Å². The zero-order chi connectivity index (χ0) is 11.9. The quantitative estimate of drug-likeness (QED) is 0.557. The van der Waals surface area contributed by atoms with Gasteiger partial charge in [-0.25, -0.2) is 0 Å². The number of benzene rings is 2. The van der Waals surface area contributed by atoms with Crippen LogP contribution in [0.4, 0.5) is 0 Å². The first-order chi connectivity index (χ1) is 8.36. The van der Waals surface area contributed by atoms with Crippen molar-refractivity contribution in [2.45, 2.75) is 45.4 Å². The van der Waals surface area contributed by atoms with Crippen LogP contribution in [-0.4, -0.2) is 0 Å². The summed E-state index contributed by atoms with van der Waals surface area (Å²) in [6.45, 7) is 2.12. The largest absolute Gasteiger partial charge is 0.0616 e. The van der Waals surface area contributed by atoms with E-state index in [9.17, 15) is 0 Å². The summed E-state index contributed by atoms with van der Waals surface area (Å²) in [5.41, 5.74) is 1.32. The summed E-state index contributed by atoms with van der Waals surface area (Å²) in [5, 5.41) is 2.64. The summed E-state index contributed by atoms with van der Waals surface area (Å²) in [7, 11) is 0. The molecule has 0 heteroatoms. The highest BCUT2D eigenvalue weighted by Gasteiger charge is 1.95. The Morgan fingerprint density at radius 1 is 0.647 bits per heavy atom. The highest BCUT2D eigenvalue weighted by molar-refractivity contribution is 5.82. The first-order valence-electron chi connectivity index (χ1n) is 6.82. The molecule has 3 rings (SSSR count). The fourth-order valence-corrected chi connectivity index (χ4v) is 2.37. The van der Waals surface area contributed by atoms with Crippen LogP contribution in [-0.2, 0) is 0 Å². The molecule has 1 aliphatic rings. The van der Waals surface area contributed by atoms with Crippen LogP contribution < -0.4 is 0 Å². The molecule has 0 amide bonds. The van der Waals surface area contributed by atoms with Gasteiger partial charge in [0.05, 0.1) is 0 Å². The van der Waals surface area contributed by atoms with Gasteiger partial charge in [0.15, 0.2) is 0 Å². The van der Waals surface area contributed by atoms with Crippen molar-refractivity contribution in [3.05, 3.63) is 48.0 Å². The van der Waals surface area contributed by atoms with Crippen molar-refractivity contribution in [1.82, 2.24) is 0 Å². The molecule has 2 aromatic rings. The fourth-order valence-electron chi connectivity index (χ4n) is 2.37. The number of aryl methyl sites for hydroxylation is 1. The minimum absolute atomic E-state index is 1.32. The summed E-state index contributed by atoms with van der Waals surface area (Å²) < 4.78 is 0. The zero-order valence-electron chi connectivity index (χ0n) is 10.8. The van der Waals surface area contributed by atoms with E-state index in [0.717, 1.165) is 0 Å². The molecule has 0 radical (unpaired) electrons. The second-order valence-electron chi connectivity index (χ2n) is 4.97. The molecule has 17 heavy (non-hydrogen) atoms. The fraction of sp³-hybridized carbons (Fsp3) is 0.412. The lowest BCUT2D eigenvalue weighted by Gasteiger charge is -2.05. The Hall–Kier alpha value is -1.30. The van der Waals surface area contributed by atoms with Crippen molar-refractivity contribution in [2.75, 3.05) is 0 Å². The Balaban J connectivity index is 0.000000153. The number of rotatable bonds is 0. The number of hydrogen-bond acceptors (Lipinski definition) is 0. The third kappa shape index (κ3) is 3.89. The lowest BCUT2D eigenvalue weighted by Crippen LogP contribution is -1.85. The third-order valence-electron chi connectivity index (χ3n) is 3.40. The molecule has 0 atom stereocenters. The average molecular weight is 226 g/mol. The van der Waals surface area contributed by atoms with E-state index in [4.69, 9.17) is 0 Å². The van der Waals surface area contributed by atoms with Crippen LogP contribution in [0.25, 0.3) is 10.8 Å². The van der Waals surface area contributed by atoms with E-state index in [1.165, 1.54) is 54.9 Å². The molecule has 1 aliphatic carbocycles. The van der Waals surface area contributed by atoms with Crippen molar-refractivity contribution < 1.29 is 0 Å². The Bertz CT molecular complexity index is 441. The van der Waals surface area contributed by atoms with E-state index in [1.807, 2.05) is 0 Å². The lowest BCUT2D eigenvalue weighted by molar-refractivity contribution is 0.504. The van der Waals surface area contributed by atoms with Crippen molar-refractivity contribution in [3.63, 3.8) is 0 Å². The van der Waals surface area contributed by atoms with Gasteiger partial charge in [0.1, 0.15) is 0 Å². The van der Waals surface area contributed by atoms with Gasteiger partial charge in [-0.05, 0) is 17.7 Å². The average Bonchev–Trinajstić information content (AvgIpc) is 2.41. The molecule has 2 aromatic carbocycles. The van der Waals surface area contributed by atoms with Gasteiger partial charge in [-0.15, -0.1) is 0 Å². The molecule has 0 N–H and O–H groups in total. The summed E-state index contributed by atoms with van der Waals surface area (Å²) in [4.78, 5) is 0. The predicted octanol–water partition coefficient (Wildman–Crippen LogP) is 5.49. The number of hydrogen-bond donors (Lipinski definition) is 0. The van der Waals surface area contributed by atoms with Crippen molar-refractivity contribution in [3.8, 4) is 0 Å². The topological polar surface area (TPSA) is 0 Å². The van der Waals surface area contributed by atoms with Gasteiger partial charge < -0.3 is 0 Å². The van der Waals surface area contributed by atoms with Crippen molar-refractivity contribution in [2.24, 2.45) is 0 Å².